The molecule has 0 aromatic carbocycles. The van der Waals surface area contributed by atoms with Crippen LogP contribution in [0.2, 0.25) is 5.15 Å². The molecule has 0 fully saturated rings. The first-order valence-electron chi connectivity index (χ1n) is 4.00. The van der Waals surface area contributed by atoms with E-state index in [1.54, 1.807) is 18.2 Å². The number of hydrogen-bond donors (Lipinski definition) is 1. The Morgan fingerprint density at radius 1 is 1.47 bits per heavy atom. The molecule has 15 heavy (non-hydrogen) atoms. The molecule has 0 aliphatic rings. The van der Waals surface area contributed by atoms with E-state index in [-0.39, 0.29) is 11.5 Å². The Bertz CT molecular complexity index is 510. The predicted molar refractivity (Wildman–Crippen MR) is 51.7 cm³/mol. The van der Waals surface area contributed by atoms with Gasteiger partial charge in [-0.25, -0.2) is 9.78 Å². The van der Waals surface area contributed by atoms with E-state index in [1.165, 1.54) is 6.07 Å². The zero-order chi connectivity index (χ0) is 10.8. The molecular formula is C9H5ClN2O3. The van der Waals surface area contributed by atoms with Crippen LogP contribution in [0, 0.1) is 0 Å². The largest absolute Gasteiger partial charge is 0.476 e. The summed E-state index contributed by atoms with van der Waals surface area (Å²) in [6.07, 6.45) is 0. The lowest BCUT2D eigenvalue weighted by molar-refractivity contribution is 0.0686. The first kappa shape index (κ1) is 9.67. The third kappa shape index (κ3) is 1.97. The molecule has 6 heteroatoms. The quantitative estimate of drug-likeness (QED) is 0.791. The van der Waals surface area contributed by atoms with Gasteiger partial charge in [-0.15, -0.1) is 0 Å². The van der Waals surface area contributed by atoms with Crippen molar-refractivity contribution in [3.63, 3.8) is 0 Å². The summed E-state index contributed by atoms with van der Waals surface area (Å²) in [6.45, 7) is 0. The Morgan fingerprint density at radius 3 is 2.87 bits per heavy atom. The summed E-state index contributed by atoms with van der Waals surface area (Å²) in [7, 11) is 0. The maximum Gasteiger partial charge on any atom is 0.358 e. The van der Waals surface area contributed by atoms with Crippen LogP contribution in [0.3, 0.4) is 0 Å². The monoisotopic (exact) mass is 224 g/mol. The molecule has 0 atom stereocenters. The maximum absolute atomic E-state index is 10.5. The number of nitrogens with zero attached hydrogens (tertiary/aromatic N) is 2. The molecule has 0 aliphatic heterocycles. The van der Waals surface area contributed by atoms with Crippen LogP contribution >= 0.6 is 11.6 Å². The first-order valence-corrected chi connectivity index (χ1v) is 4.37. The summed E-state index contributed by atoms with van der Waals surface area (Å²) in [6, 6.07) is 6.24. The zero-order valence-electron chi connectivity index (χ0n) is 7.35. The fourth-order valence-electron chi connectivity index (χ4n) is 1.04. The fourth-order valence-corrected chi connectivity index (χ4v) is 1.21. The van der Waals surface area contributed by atoms with Crippen LogP contribution in [0.5, 0.6) is 0 Å². The minimum absolute atomic E-state index is 0.160. The maximum atomic E-state index is 10.5. The standard InChI is InChI=1S/C9H5ClN2O3/c10-8-3-1-2-5(11-8)7-4-6(9(13)14)12-15-7/h1-4H,(H,13,14). The number of rotatable bonds is 2. The Labute approximate surface area is 89.3 Å². The number of hydrogen-bond acceptors (Lipinski definition) is 4. The number of carbonyl (C=O) groups is 1. The molecule has 0 aliphatic carbocycles. The van der Waals surface area contributed by atoms with E-state index >= 15 is 0 Å². The number of aromatic carboxylic acids is 1. The van der Waals surface area contributed by atoms with Gasteiger partial charge >= 0.3 is 5.97 Å². The minimum Gasteiger partial charge on any atom is -0.476 e. The van der Waals surface area contributed by atoms with E-state index in [1.807, 2.05) is 0 Å². The van der Waals surface area contributed by atoms with Gasteiger partial charge in [-0.2, -0.15) is 0 Å². The van der Waals surface area contributed by atoms with Crippen LogP contribution in [0.1, 0.15) is 10.5 Å². The van der Waals surface area contributed by atoms with Crippen LogP contribution in [0.25, 0.3) is 11.5 Å². The molecule has 0 spiro atoms. The molecule has 0 bridgehead atoms. The Hall–Kier alpha value is -1.88. The first-order chi connectivity index (χ1) is 7.16. The van der Waals surface area contributed by atoms with Gasteiger partial charge in [-0.05, 0) is 12.1 Å². The lowest BCUT2D eigenvalue weighted by atomic mass is 10.2. The highest BCUT2D eigenvalue weighted by Gasteiger charge is 2.12. The van der Waals surface area contributed by atoms with Crippen molar-refractivity contribution in [3.05, 3.63) is 35.1 Å². The molecule has 1 N–H and O–H groups in total. The Kier molecular flexibility index (Phi) is 2.39. The highest BCUT2D eigenvalue weighted by atomic mass is 35.5. The van der Waals surface area contributed by atoms with E-state index in [0.29, 0.717) is 10.8 Å². The zero-order valence-corrected chi connectivity index (χ0v) is 8.10. The summed E-state index contributed by atoms with van der Waals surface area (Å²) < 4.78 is 4.82. The van der Waals surface area contributed by atoms with Crippen molar-refractivity contribution in [1.82, 2.24) is 10.1 Å². The lowest BCUT2D eigenvalue weighted by Gasteiger charge is -1.93. The number of carboxylic acid groups (broad SMARTS) is 1. The molecule has 5 nitrogen and oxygen atoms in total. The van der Waals surface area contributed by atoms with Gasteiger partial charge in [0, 0.05) is 6.07 Å². The second kappa shape index (κ2) is 3.70. The van der Waals surface area contributed by atoms with Gasteiger partial charge in [-0.3, -0.25) is 0 Å². The van der Waals surface area contributed by atoms with Crippen LogP contribution in [-0.4, -0.2) is 21.2 Å². The highest BCUT2D eigenvalue weighted by Crippen LogP contribution is 2.19. The molecular weight excluding hydrogens is 220 g/mol. The van der Waals surface area contributed by atoms with Crippen molar-refractivity contribution in [3.8, 4) is 11.5 Å². The van der Waals surface area contributed by atoms with Crippen molar-refractivity contribution in [2.45, 2.75) is 0 Å². The van der Waals surface area contributed by atoms with Gasteiger partial charge in [0.25, 0.3) is 0 Å². The average molecular weight is 225 g/mol. The van der Waals surface area contributed by atoms with Gasteiger partial charge in [0.05, 0.1) is 0 Å². The number of aromatic nitrogens is 2. The molecule has 2 heterocycles. The molecule has 2 aromatic rings. The second-order valence-corrected chi connectivity index (χ2v) is 3.11. The summed E-state index contributed by atoms with van der Waals surface area (Å²) >= 11 is 5.67. The predicted octanol–water partition coefficient (Wildman–Crippen LogP) is 2.09. The van der Waals surface area contributed by atoms with Gasteiger partial charge in [0.15, 0.2) is 11.5 Å². The third-order valence-corrected chi connectivity index (χ3v) is 1.91. The highest BCUT2D eigenvalue weighted by molar-refractivity contribution is 6.29. The molecule has 0 saturated heterocycles. The van der Waals surface area contributed by atoms with Crippen molar-refractivity contribution < 1.29 is 14.4 Å². The normalized spacial score (nSPS) is 10.2. The van der Waals surface area contributed by atoms with E-state index in [9.17, 15) is 4.79 Å². The minimum atomic E-state index is -1.15. The summed E-state index contributed by atoms with van der Waals surface area (Å²) in [5.41, 5.74) is 0.286. The number of pyridine rings is 1. The van der Waals surface area contributed by atoms with Crippen LogP contribution < -0.4 is 0 Å². The van der Waals surface area contributed by atoms with Crippen molar-refractivity contribution in [1.29, 1.82) is 0 Å². The Morgan fingerprint density at radius 2 is 2.27 bits per heavy atom. The van der Waals surface area contributed by atoms with Gasteiger partial charge < -0.3 is 9.63 Å². The molecule has 2 aromatic heterocycles. The molecule has 76 valence electrons. The summed E-state index contributed by atoms with van der Waals surface area (Å²) in [5, 5.41) is 12.3. The summed E-state index contributed by atoms with van der Waals surface area (Å²) in [5.74, 6) is -0.873. The third-order valence-electron chi connectivity index (χ3n) is 1.70. The SMILES string of the molecule is O=C(O)c1cc(-c2cccc(Cl)n2)on1. The Balaban J connectivity index is 2.41. The molecule has 0 saturated carbocycles. The second-order valence-electron chi connectivity index (χ2n) is 2.73. The lowest BCUT2D eigenvalue weighted by Crippen LogP contribution is -1.94. The van der Waals surface area contributed by atoms with Gasteiger partial charge in [-0.1, -0.05) is 22.8 Å². The van der Waals surface area contributed by atoms with E-state index in [4.69, 9.17) is 21.2 Å². The topological polar surface area (TPSA) is 76.2 Å². The van der Waals surface area contributed by atoms with E-state index < -0.39 is 5.97 Å². The molecule has 0 radical (unpaired) electrons. The smallest absolute Gasteiger partial charge is 0.358 e. The van der Waals surface area contributed by atoms with Crippen molar-refractivity contribution in [2.24, 2.45) is 0 Å². The molecule has 0 unspecified atom stereocenters. The van der Waals surface area contributed by atoms with Crippen LogP contribution in [0.4, 0.5) is 0 Å². The molecule has 2 rings (SSSR count). The fraction of sp³-hybridized carbons (Fsp3) is 0. The van der Waals surface area contributed by atoms with Gasteiger partial charge in [0.1, 0.15) is 10.8 Å². The van der Waals surface area contributed by atoms with Crippen LogP contribution in [0.15, 0.2) is 28.8 Å². The van der Waals surface area contributed by atoms with Crippen molar-refractivity contribution in [2.75, 3.05) is 0 Å². The van der Waals surface area contributed by atoms with Gasteiger partial charge in [0.2, 0.25) is 0 Å². The van der Waals surface area contributed by atoms with Crippen molar-refractivity contribution >= 4 is 17.6 Å². The number of carboxylic acids is 1. The van der Waals surface area contributed by atoms with E-state index in [0.717, 1.165) is 0 Å². The molecule has 0 amide bonds. The van der Waals surface area contributed by atoms with E-state index in [2.05, 4.69) is 10.1 Å². The number of halogens is 1. The average Bonchev–Trinajstić information content (AvgIpc) is 2.66. The summed E-state index contributed by atoms with van der Waals surface area (Å²) in [4.78, 5) is 14.5. The van der Waals surface area contributed by atoms with Crippen LogP contribution in [-0.2, 0) is 0 Å².